The predicted octanol–water partition coefficient (Wildman–Crippen LogP) is 2.44. The van der Waals surface area contributed by atoms with Crippen molar-refractivity contribution in [2.75, 3.05) is 13.2 Å². The van der Waals surface area contributed by atoms with E-state index in [0.717, 1.165) is 19.3 Å². The smallest absolute Gasteiger partial charge is 0.230 e. The molecule has 0 amide bonds. The fourth-order valence-corrected chi connectivity index (χ4v) is 3.42. The SMILES string of the molecule is CCCCCCCCCCCCOO[C@]1(CC)O[C@H](CO)[C@@H](O)[C@H](O)[C@H]1O. The molecule has 162 valence electrons. The molecule has 0 spiro atoms. The molecule has 1 saturated heterocycles. The number of aliphatic hydroxyl groups excluding tert-OH is 4. The third-order valence-electron chi connectivity index (χ3n) is 5.31. The van der Waals surface area contributed by atoms with Crippen molar-refractivity contribution in [1.82, 2.24) is 0 Å². The predicted molar refractivity (Wildman–Crippen MR) is 102 cm³/mol. The second kappa shape index (κ2) is 13.8. The summed E-state index contributed by atoms with van der Waals surface area (Å²) in [5.41, 5.74) is 0. The lowest BCUT2D eigenvalue weighted by Crippen LogP contribution is -2.65. The van der Waals surface area contributed by atoms with Gasteiger partial charge in [-0.05, 0) is 6.42 Å². The quantitative estimate of drug-likeness (QED) is 0.192. The van der Waals surface area contributed by atoms with Crippen LogP contribution in [0.4, 0.5) is 0 Å². The molecule has 0 saturated carbocycles. The van der Waals surface area contributed by atoms with Crippen molar-refractivity contribution >= 4 is 0 Å². The van der Waals surface area contributed by atoms with Crippen LogP contribution in [-0.4, -0.2) is 63.8 Å². The molecule has 0 radical (unpaired) electrons. The minimum absolute atomic E-state index is 0.201. The van der Waals surface area contributed by atoms with Gasteiger partial charge in [-0.3, -0.25) is 0 Å². The van der Waals surface area contributed by atoms with E-state index in [4.69, 9.17) is 14.5 Å². The number of ether oxygens (including phenoxy) is 1. The summed E-state index contributed by atoms with van der Waals surface area (Å²) in [6, 6.07) is 0. The number of hydrogen-bond donors (Lipinski definition) is 4. The zero-order chi connectivity index (χ0) is 20.1. The fourth-order valence-electron chi connectivity index (χ4n) is 3.42. The van der Waals surface area contributed by atoms with Gasteiger partial charge in [0.25, 0.3) is 0 Å². The summed E-state index contributed by atoms with van der Waals surface area (Å²) in [6.45, 7) is 3.81. The van der Waals surface area contributed by atoms with Gasteiger partial charge in [0.2, 0.25) is 5.79 Å². The van der Waals surface area contributed by atoms with Crippen LogP contribution in [0, 0.1) is 0 Å². The lowest BCUT2D eigenvalue weighted by molar-refractivity contribution is -0.479. The van der Waals surface area contributed by atoms with E-state index >= 15 is 0 Å². The molecule has 0 aromatic carbocycles. The van der Waals surface area contributed by atoms with Gasteiger partial charge in [-0.15, -0.1) is 0 Å². The Bertz CT molecular complexity index is 366. The normalized spacial score (nSPS) is 31.3. The topological polar surface area (TPSA) is 109 Å². The third-order valence-corrected chi connectivity index (χ3v) is 5.31. The summed E-state index contributed by atoms with van der Waals surface area (Å²) in [5.74, 6) is -1.59. The van der Waals surface area contributed by atoms with E-state index in [2.05, 4.69) is 6.92 Å². The summed E-state index contributed by atoms with van der Waals surface area (Å²) in [5, 5.41) is 39.3. The van der Waals surface area contributed by atoms with Gasteiger partial charge in [-0.25, -0.2) is 4.89 Å². The van der Waals surface area contributed by atoms with Crippen molar-refractivity contribution in [3.63, 3.8) is 0 Å². The van der Waals surface area contributed by atoms with Gasteiger partial charge in [0.05, 0.1) is 13.2 Å². The van der Waals surface area contributed by atoms with Crippen molar-refractivity contribution in [3.05, 3.63) is 0 Å². The second-order valence-electron chi connectivity index (χ2n) is 7.52. The summed E-state index contributed by atoms with van der Waals surface area (Å²) < 4.78 is 5.51. The molecule has 7 heteroatoms. The highest BCUT2D eigenvalue weighted by Gasteiger charge is 2.54. The van der Waals surface area contributed by atoms with Gasteiger partial charge >= 0.3 is 0 Å². The number of unbranched alkanes of at least 4 members (excludes halogenated alkanes) is 9. The molecule has 4 N–H and O–H groups in total. The van der Waals surface area contributed by atoms with E-state index in [-0.39, 0.29) is 6.42 Å². The van der Waals surface area contributed by atoms with E-state index in [1.165, 1.54) is 44.9 Å². The van der Waals surface area contributed by atoms with Crippen molar-refractivity contribution < 1.29 is 34.9 Å². The lowest BCUT2D eigenvalue weighted by atomic mass is 9.91. The van der Waals surface area contributed by atoms with E-state index in [1.54, 1.807) is 6.92 Å². The summed E-state index contributed by atoms with van der Waals surface area (Å²) in [6.07, 6.45) is 7.00. The van der Waals surface area contributed by atoms with E-state index in [0.29, 0.717) is 6.61 Å². The molecule has 0 aromatic rings. The lowest BCUT2D eigenvalue weighted by Gasteiger charge is -2.46. The highest BCUT2D eigenvalue weighted by Crippen LogP contribution is 2.34. The van der Waals surface area contributed by atoms with Crippen LogP contribution in [-0.2, 0) is 14.5 Å². The monoisotopic (exact) mass is 392 g/mol. The molecular weight excluding hydrogens is 352 g/mol. The molecule has 1 rings (SSSR count). The van der Waals surface area contributed by atoms with Crippen molar-refractivity contribution in [2.45, 2.75) is 115 Å². The van der Waals surface area contributed by atoms with E-state index < -0.39 is 36.8 Å². The Morgan fingerprint density at radius 2 is 1.37 bits per heavy atom. The zero-order valence-electron chi connectivity index (χ0n) is 17.0. The Kier molecular flexibility index (Phi) is 12.7. The minimum Gasteiger partial charge on any atom is -0.394 e. The van der Waals surface area contributed by atoms with Crippen molar-refractivity contribution in [3.8, 4) is 0 Å². The van der Waals surface area contributed by atoms with Crippen LogP contribution < -0.4 is 0 Å². The molecule has 5 atom stereocenters. The van der Waals surface area contributed by atoms with Crippen LogP contribution >= 0.6 is 0 Å². The molecular formula is C20H40O7. The first kappa shape index (κ1) is 24.8. The third kappa shape index (κ3) is 7.93. The first-order valence-electron chi connectivity index (χ1n) is 10.7. The Morgan fingerprint density at radius 1 is 0.815 bits per heavy atom. The van der Waals surface area contributed by atoms with Crippen LogP contribution in [0.1, 0.15) is 84.5 Å². The van der Waals surface area contributed by atoms with Crippen LogP contribution in [0.3, 0.4) is 0 Å². The molecule has 0 aliphatic carbocycles. The van der Waals surface area contributed by atoms with Crippen LogP contribution in [0.5, 0.6) is 0 Å². The van der Waals surface area contributed by atoms with Crippen molar-refractivity contribution in [1.29, 1.82) is 0 Å². The average Bonchev–Trinajstić information content (AvgIpc) is 2.69. The molecule has 1 fully saturated rings. The maximum Gasteiger partial charge on any atom is 0.230 e. The Balaban J connectivity index is 2.18. The Morgan fingerprint density at radius 3 is 1.89 bits per heavy atom. The molecule has 1 heterocycles. The highest BCUT2D eigenvalue weighted by molar-refractivity contribution is 4.96. The molecule has 7 nitrogen and oxygen atoms in total. The first-order chi connectivity index (χ1) is 13.0. The fraction of sp³-hybridized carbons (Fsp3) is 1.00. The molecule has 0 bridgehead atoms. The van der Waals surface area contributed by atoms with Crippen LogP contribution in [0.25, 0.3) is 0 Å². The number of rotatable bonds is 15. The molecule has 1 aliphatic rings. The van der Waals surface area contributed by atoms with Gasteiger partial charge in [-0.2, -0.15) is 4.89 Å². The van der Waals surface area contributed by atoms with Gasteiger partial charge in [0.15, 0.2) is 0 Å². The summed E-state index contributed by atoms with van der Waals surface area (Å²) >= 11 is 0. The maximum atomic E-state index is 10.2. The standard InChI is InChI=1S/C20H40O7/c1-3-5-6-7-8-9-10-11-12-13-14-25-27-20(4-2)19(24)18(23)17(22)16(15-21)26-20/h16-19,21-24H,3-15H2,1-2H3/t16-,17-,18+,19-,20+/m1/s1. The minimum atomic E-state index is -1.59. The van der Waals surface area contributed by atoms with E-state index in [1.807, 2.05) is 0 Å². The Hall–Kier alpha value is -0.280. The van der Waals surface area contributed by atoms with Crippen molar-refractivity contribution in [2.24, 2.45) is 0 Å². The first-order valence-corrected chi connectivity index (χ1v) is 10.7. The molecule has 0 unspecified atom stereocenters. The zero-order valence-corrected chi connectivity index (χ0v) is 17.0. The summed E-state index contributed by atoms with van der Waals surface area (Å²) in [7, 11) is 0. The molecule has 1 aliphatic heterocycles. The molecule has 0 aromatic heterocycles. The van der Waals surface area contributed by atoms with Gasteiger partial charge in [0.1, 0.15) is 24.4 Å². The average molecular weight is 393 g/mol. The van der Waals surface area contributed by atoms with E-state index in [9.17, 15) is 20.4 Å². The van der Waals surface area contributed by atoms with Gasteiger partial charge in [0, 0.05) is 6.42 Å². The van der Waals surface area contributed by atoms with Crippen LogP contribution in [0.2, 0.25) is 0 Å². The molecule has 27 heavy (non-hydrogen) atoms. The highest BCUT2D eigenvalue weighted by atomic mass is 17.2. The largest absolute Gasteiger partial charge is 0.394 e. The number of hydrogen-bond acceptors (Lipinski definition) is 7. The Labute approximate surface area is 163 Å². The summed E-state index contributed by atoms with van der Waals surface area (Å²) in [4.78, 5) is 10.5. The second-order valence-corrected chi connectivity index (χ2v) is 7.52. The maximum absolute atomic E-state index is 10.2. The van der Waals surface area contributed by atoms with Gasteiger partial charge < -0.3 is 25.2 Å². The number of aliphatic hydroxyl groups is 4. The van der Waals surface area contributed by atoms with Crippen LogP contribution in [0.15, 0.2) is 0 Å². The van der Waals surface area contributed by atoms with Gasteiger partial charge in [-0.1, -0.05) is 71.6 Å².